The van der Waals surface area contributed by atoms with Crippen LogP contribution in [-0.4, -0.2) is 24.3 Å². The first-order valence-electron chi connectivity index (χ1n) is 4.68. The van der Waals surface area contributed by atoms with Gasteiger partial charge >= 0.3 is 0 Å². The highest BCUT2D eigenvalue weighted by atomic mass is 16.3. The van der Waals surface area contributed by atoms with Crippen molar-refractivity contribution in [1.29, 1.82) is 0 Å². The zero-order valence-corrected chi connectivity index (χ0v) is 7.34. The van der Waals surface area contributed by atoms with Crippen LogP contribution >= 0.6 is 0 Å². The van der Waals surface area contributed by atoms with Crippen molar-refractivity contribution in [2.75, 3.05) is 13.1 Å². The minimum absolute atomic E-state index is 0.107. The quantitative estimate of drug-likeness (QED) is 0.644. The summed E-state index contributed by atoms with van der Waals surface area (Å²) in [4.78, 5) is 0. The van der Waals surface area contributed by atoms with E-state index in [1.165, 1.54) is 32.4 Å². The second kappa shape index (κ2) is 4.73. The Morgan fingerprint density at radius 3 is 2.64 bits per heavy atom. The van der Waals surface area contributed by atoms with Gasteiger partial charge in [-0.1, -0.05) is 0 Å². The smallest absolute Gasteiger partial charge is 0.0512 e. The van der Waals surface area contributed by atoms with Crippen molar-refractivity contribution in [3.05, 3.63) is 0 Å². The number of hydrogen-bond acceptors (Lipinski definition) is 2. The third kappa shape index (κ3) is 3.73. The molecule has 0 aromatic carbocycles. The first-order chi connectivity index (χ1) is 5.29. The normalized spacial score (nSPS) is 23.5. The van der Waals surface area contributed by atoms with E-state index in [4.69, 9.17) is 5.11 Å². The standard InChI is InChI=1S/C9H19NO/c1-8(11)2-3-9-4-6-10-7-5-9/h8-11H,2-7H2,1H3. The molecule has 0 amide bonds. The minimum atomic E-state index is -0.107. The number of rotatable bonds is 3. The van der Waals surface area contributed by atoms with E-state index in [-0.39, 0.29) is 6.10 Å². The molecule has 1 saturated heterocycles. The Morgan fingerprint density at radius 1 is 1.45 bits per heavy atom. The molecule has 0 aromatic heterocycles. The Morgan fingerprint density at radius 2 is 2.09 bits per heavy atom. The number of aliphatic hydroxyl groups excluding tert-OH is 1. The fourth-order valence-electron chi connectivity index (χ4n) is 1.65. The van der Waals surface area contributed by atoms with Gasteiger partial charge in [0.25, 0.3) is 0 Å². The maximum absolute atomic E-state index is 9.07. The van der Waals surface area contributed by atoms with E-state index in [1.54, 1.807) is 0 Å². The predicted octanol–water partition coefficient (Wildman–Crippen LogP) is 1.15. The van der Waals surface area contributed by atoms with Crippen LogP contribution < -0.4 is 5.32 Å². The molecule has 2 nitrogen and oxygen atoms in total. The van der Waals surface area contributed by atoms with Crippen molar-refractivity contribution >= 4 is 0 Å². The molecule has 2 N–H and O–H groups in total. The molecule has 0 radical (unpaired) electrons. The molecule has 2 heteroatoms. The van der Waals surface area contributed by atoms with Gasteiger partial charge in [-0.15, -0.1) is 0 Å². The average molecular weight is 157 g/mol. The molecule has 1 aliphatic rings. The van der Waals surface area contributed by atoms with Gasteiger partial charge in [0.2, 0.25) is 0 Å². The molecule has 1 heterocycles. The van der Waals surface area contributed by atoms with Gasteiger partial charge in [-0.25, -0.2) is 0 Å². The Kier molecular flexibility index (Phi) is 3.87. The van der Waals surface area contributed by atoms with Crippen molar-refractivity contribution in [2.24, 2.45) is 5.92 Å². The third-order valence-corrected chi connectivity index (χ3v) is 2.45. The van der Waals surface area contributed by atoms with Crippen LogP contribution in [0.2, 0.25) is 0 Å². The molecule has 1 atom stereocenters. The zero-order valence-electron chi connectivity index (χ0n) is 7.34. The van der Waals surface area contributed by atoms with Crippen molar-refractivity contribution in [1.82, 2.24) is 5.32 Å². The molecule has 66 valence electrons. The van der Waals surface area contributed by atoms with Crippen molar-refractivity contribution in [3.8, 4) is 0 Å². The van der Waals surface area contributed by atoms with Crippen molar-refractivity contribution in [3.63, 3.8) is 0 Å². The van der Waals surface area contributed by atoms with E-state index in [9.17, 15) is 0 Å². The molecule has 1 unspecified atom stereocenters. The van der Waals surface area contributed by atoms with Crippen LogP contribution in [0.3, 0.4) is 0 Å². The summed E-state index contributed by atoms with van der Waals surface area (Å²) in [6.07, 6.45) is 4.67. The Balaban J connectivity index is 2.05. The van der Waals surface area contributed by atoms with E-state index >= 15 is 0 Å². The van der Waals surface area contributed by atoms with Gasteiger partial charge < -0.3 is 10.4 Å². The summed E-state index contributed by atoms with van der Waals surface area (Å²) in [7, 11) is 0. The SMILES string of the molecule is CC(O)CCC1CCNCC1. The predicted molar refractivity (Wildman–Crippen MR) is 46.5 cm³/mol. The molecule has 0 saturated carbocycles. The van der Waals surface area contributed by atoms with Gasteiger partial charge in [-0.3, -0.25) is 0 Å². The summed E-state index contributed by atoms with van der Waals surface area (Å²) in [6, 6.07) is 0. The highest BCUT2D eigenvalue weighted by Crippen LogP contribution is 2.18. The minimum Gasteiger partial charge on any atom is -0.393 e. The second-order valence-corrected chi connectivity index (χ2v) is 3.62. The average Bonchev–Trinajstić information content (AvgIpc) is 2.03. The van der Waals surface area contributed by atoms with Gasteiger partial charge in [-0.2, -0.15) is 0 Å². The lowest BCUT2D eigenvalue weighted by atomic mass is 9.92. The molecule has 1 rings (SSSR count). The number of hydrogen-bond donors (Lipinski definition) is 2. The second-order valence-electron chi connectivity index (χ2n) is 3.62. The molecular weight excluding hydrogens is 138 g/mol. The first kappa shape index (κ1) is 9.01. The van der Waals surface area contributed by atoms with Crippen LogP contribution in [0.4, 0.5) is 0 Å². The van der Waals surface area contributed by atoms with Crippen molar-refractivity contribution < 1.29 is 5.11 Å². The summed E-state index contributed by atoms with van der Waals surface area (Å²) in [5.74, 6) is 0.867. The zero-order chi connectivity index (χ0) is 8.10. The van der Waals surface area contributed by atoms with E-state index < -0.39 is 0 Å². The highest BCUT2D eigenvalue weighted by Gasteiger charge is 2.12. The van der Waals surface area contributed by atoms with Crippen LogP contribution in [0, 0.1) is 5.92 Å². The lowest BCUT2D eigenvalue weighted by molar-refractivity contribution is 0.168. The fraction of sp³-hybridized carbons (Fsp3) is 1.00. The fourth-order valence-corrected chi connectivity index (χ4v) is 1.65. The van der Waals surface area contributed by atoms with Crippen LogP contribution in [0.1, 0.15) is 32.6 Å². The lowest BCUT2D eigenvalue weighted by Crippen LogP contribution is -2.28. The van der Waals surface area contributed by atoms with Gasteiger partial charge in [0.15, 0.2) is 0 Å². The topological polar surface area (TPSA) is 32.3 Å². The molecule has 0 spiro atoms. The van der Waals surface area contributed by atoms with Crippen LogP contribution in [0.25, 0.3) is 0 Å². The van der Waals surface area contributed by atoms with Crippen LogP contribution in [-0.2, 0) is 0 Å². The Bertz CT molecular complexity index is 97.7. The summed E-state index contributed by atoms with van der Waals surface area (Å²) < 4.78 is 0. The van der Waals surface area contributed by atoms with Crippen molar-refractivity contribution in [2.45, 2.75) is 38.7 Å². The van der Waals surface area contributed by atoms with E-state index in [2.05, 4.69) is 5.32 Å². The number of nitrogens with one attached hydrogen (secondary N) is 1. The van der Waals surface area contributed by atoms with E-state index in [0.717, 1.165) is 12.3 Å². The molecule has 1 fully saturated rings. The lowest BCUT2D eigenvalue weighted by Gasteiger charge is -2.22. The van der Waals surface area contributed by atoms with Gasteiger partial charge in [-0.05, 0) is 51.6 Å². The molecule has 0 bridgehead atoms. The largest absolute Gasteiger partial charge is 0.393 e. The maximum atomic E-state index is 9.07. The van der Waals surface area contributed by atoms with Gasteiger partial charge in [0.1, 0.15) is 0 Å². The summed E-state index contributed by atoms with van der Waals surface area (Å²) >= 11 is 0. The molecule has 0 aliphatic carbocycles. The van der Waals surface area contributed by atoms with E-state index in [0.29, 0.717) is 0 Å². The number of piperidine rings is 1. The van der Waals surface area contributed by atoms with Crippen LogP contribution in [0.15, 0.2) is 0 Å². The summed E-state index contributed by atoms with van der Waals surface area (Å²) in [5.41, 5.74) is 0. The molecule has 0 aromatic rings. The third-order valence-electron chi connectivity index (χ3n) is 2.45. The van der Waals surface area contributed by atoms with Gasteiger partial charge in [0.05, 0.1) is 6.10 Å². The maximum Gasteiger partial charge on any atom is 0.0512 e. The number of aliphatic hydroxyl groups is 1. The molecule has 1 aliphatic heterocycles. The molecule has 11 heavy (non-hydrogen) atoms. The monoisotopic (exact) mass is 157 g/mol. The Hall–Kier alpha value is -0.0800. The van der Waals surface area contributed by atoms with Gasteiger partial charge in [0, 0.05) is 0 Å². The van der Waals surface area contributed by atoms with Crippen LogP contribution in [0.5, 0.6) is 0 Å². The van der Waals surface area contributed by atoms with E-state index in [1.807, 2.05) is 6.92 Å². The first-order valence-corrected chi connectivity index (χ1v) is 4.68. The highest BCUT2D eigenvalue weighted by molar-refractivity contribution is 4.68. The summed E-state index contributed by atoms with van der Waals surface area (Å²) in [6.45, 7) is 4.22. The summed E-state index contributed by atoms with van der Waals surface area (Å²) in [5, 5.41) is 12.4. The Labute approximate surface area is 69.0 Å². The molecular formula is C9H19NO.